The van der Waals surface area contributed by atoms with Crippen LogP contribution < -0.4 is 0 Å². The summed E-state index contributed by atoms with van der Waals surface area (Å²) < 4.78 is 0. The van der Waals surface area contributed by atoms with E-state index in [-0.39, 0.29) is 0 Å². The molecule has 1 radical (unpaired) electrons. The average molecular weight is 209 g/mol. The van der Waals surface area contributed by atoms with E-state index in [1.807, 2.05) is 6.07 Å². The first-order chi connectivity index (χ1) is 7.78. The fourth-order valence-corrected chi connectivity index (χ4v) is 1.86. The summed E-state index contributed by atoms with van der Waals surface area (Å²) in [5.41, 5.74) is 5.33. The molecule has 2 aromatic carbocycles. The molecule has 0 nitrogen and oxygen atoms in total. The molecule has 0 saturated carbocycles. The number of hydrogen-bond acceptors (Lipinski definition) is 0. The summed E-state index contributed by atoms with van der Waals surface area (Å²) in [6.07, 6.45) is 2.09. The lowest BCUT2D eigenvalue weighted by molar-refractivity contribution is 1.12. The first-order valence-corrected chi connectivity index (χ1v) is 5.83. The molecular weight excluding hydrogens is 192 g/mol. The Hall–Kier alpha value is -1.56. The van der Waals surface area contributed by atoms with Crippen LogP contribution in [0.1, 0.15) is 29.2 Å². The normalized spacial score (nSPS) is 10.4. The van der Waals surface area contributed by atoms with Crippen molar-refractivity contribution in [3.05, 3.63) is 70.8 Å². The number of aryl methyl sites for hydroxylation is 2. The monoisotopic (exact) mass is 209 g/mol. The van der Waals surface area contributed by atoms with Gasteiger partial charge in [0.1, 0.15) is 0 Å². The van der Waals surface area contributed by atoms with Gasteiger partial charge in [-0.2, -0.15) is 0 Å². The van der Waals surface area contributed by atoms with Gasteiger partial charge in [-0.25, -0.2) is 0 Å². The summed E-state index contributed by atoms with van der Waals surface area (Å²) in [5, 5.41) is 0. The standard InChI is InChI=1S/C16H17/c1-3-14-7-9-15(10-8-14)12-16-6-4-5-13(2)11-16/h4-5,7-11H,3,12H2,1-2H3. The van der Waals surface area contributed by atoms with Crippen LogP contribution in [0.25, 0.3) is 0 Å². The van der Waals surface area contributed by atoms with E-state index in [4.69, 9.17) is 0 Å². The Morgan fingerprint density at radius 3 is 2.31 bits per heavy atom. The van der Waals surface area contributed by atoms with E-state index in [0.29, 0.717) is 0 Å². The first kappa shape index (κ1) is 10.9. The topological polar surface area (TPSA) is 0 Å². The van der Waals surface area contributed by atoms with Crippen LogP contribution in [-0.2, 0) is 12.8 Å². The van der Waals surface area contributed by atoms with Crippen molar-refractivity contribution in [1.29, 1.82) is 0 Å². The quantitative estimate of drug-likeness (QED) is 0.718. The molecule has 0 aromatic heterocycles. The van der Waals surface area contributed by atoms with Gasteiger partial charge >= 0.3 is 0 Å². The van der Waals surface area contributed by atoms with Gasteiger partial charge in [0.05, 0.1) is 0 Å². The molecule has 2 aromatic rings. The lowest BCUT2D eigenvalue weighted by atomic mass is 10.0. The Bertz CT molecular complexity index is 452. The molecule has 0 atom stereocenters. The molecule has 0 aliphatic carbocycles. The third kappa shape index (κ3) is 2.73. The molecule has 0 heteroatoms. The van der Waals surface area contributed by atoms with Gasteiger partial charge in [-0.05, 0) is 42.5 Å². The highest BCUT2D eigenvalue weighted by Crippen LogP contribution is 2.12. The molecule has 0 amide bonds. The van der Waals surface area contributed by atoms with Gasteiger partial charge in [-0.1, -0.05) is 55.0 Å². The number of hydrogen-bond donors (Lipinski definition) is 0. The number of rotatable bonds is 3. The molecule has 0 saturated heterocycles. The van der Waals surface area contributed by atoms with Crippen LogP contribution in [0.15, 0.2) is 42.5 Å². The molecule has 0 fully saturated rings. The molecule has 2 rings (SSSR count). The predicted molar refractivity (Wildman–Crippen MR) is 68.6 cm³/mol. The lowest BCUT2D eigenvalue weighted by Gasteiger charge is -2.04. The molecule has 0 bridgehead atoms. The van der Waals surface area contributed by atoms with Crippen LogP contribution in [0.3, 0.4) is 0 Å². The van der Waals surface area contributed by atoms with E-state index >= 15 is 0 Å². The summed E-state index contributed by atoms with van der Waals surface area (Å²) in [4.78, 5) is 0. The second-order valence-corrected chi connectivity index (χ2v) is 4.24. The fraction of sp³-hybridized carbons (Fsp3) is 0.250. The largest absolute Gasteiger partial charge is 0.0613 e. The summed E-state index contributed by atoms with van der Waals surface area (Å²) in [5.74, 6) is 0. The van der Waals surface area contributed by atoms with Crippen LogP contribution in [0.4, 0.5) is 0 Å². The van der Waals surface area contributed by atoms with Crippen molar-refractivity contribution in [2.45, 2.75) is 26.7 Å². The van der Waals surface area contributed by atoms with Crippen LogP contribution >= 0.6 is 0 Å². The van der Waals surface area contributed by atoms with Gasteiger partial charge in [0.15, 0.2) is 0 Å². The van der Waals surface area contributed by atoms with E-state index in [1.54, 1.807) is 0 Å². The van der Waals surface area contributed by atoms with Crippen LogP contribution in [0, 0.1) is 13.0 Å². The number of benzene rings is 2. The van der Waals surface area contributed by atoms with Gasteiger partial charge in [-0.15, -0.1) is 0 Å². The molecule has 0 unspecified atom stereocenters. The van der Waals surface area contributed by atoms with E-state index in [0.717, 1.165) is 12.8 Å². The predicted octanol–water partition coefficient (Wildman–Crippen LogP) is 3.95. The van der Waals surface area contributed by atoms with E-state index < -0.39 is 0 Å². The van der Waals surface area contributed by atoms with Gasteiger partial charge in [0.2, 0.25) is 0 Å². The summed E-state index contributed by atoms with van der Waals surface area (Å²) in [7, 11) is 0. The second kappa shape index (κ2) is 4.98. The highest BCUT2D eigenvalue weighted by molar-refractivity contribution is 5.30. The van der Waals surface area contributed by atoms with Crippen LogP contribution in [-0.4, -0.2) is 0 Å². The molecule has 0 aliphatic heterocycles. The zero-order valence-corrected chi connectivity index (χ0v) is 9.96. The van der Waals surface area contributed by atoms with Crippen molar-refractivity contribution in [3.8, 4) is 0 Å². The maximum absolute atomic E-state index is 3.29. The highest BCUT2D eigenvalue weighted by atomic mass is 14.0. The lowest BCUT2D eigenvalue weighted by Crippen LogP contribution is -1.89. The Balaban J connectivity index is 2.14. The minimum Gasteiger partial charge on any atom is -0.0613 e. The van der Waals surface area contributed by atoms with Crippen molar-refractivity contribution in [2.24, 2.45) is 0 Å². The zero-order valence-electron chi connectivity index (χ0n) is 9.96. The van der Waals surface area contributed by atoms with Crippen LogP contribution in [0.2, 0.25) is 0 Å². The van der Waals surface area contributed by atoms with Gasteiger partial charge in [0.25, 0.3) is 0 Å². The third-order valence-electron chi connectivity index (χ3n) is 2.84. The van der Waals surface area contributed by atoms with Gasteiger partial charge in [0, 0.05) is 0 Å². The average Bonchev–Trinajstić information content (AvgIpc) is 2.30. The Morgan fingerprint density at radius 2 is 1.69 bits per heavy atom. The van der Waals surface area contributed by atoms with E-state index in [2.05, 4.69) is 56.3 Å². The SMILES string of the molecule is CCc1ccc(Cc2[c]ccc(C)c2)cc1. The maximum atomic E-state index is 3.29. The molecule has 81 valence electrons. The molecule has 0 spiro atoms. The van der Waals surface area contributed by atoms with Crippen molar-refractivity contribution < 1.29 is 0 Å². The molecule has 16 heavy (non-hydrogen) atoms. The maximum Gasteiger partial charge on any atom is -0.00195 e. The highest BCUT2D eigenvalue weighted by Gasteiger charge is 1.97. The minimum atomic E-state index is 0.978. The van der Waals surface area contributed by atoms with Crippen molar-refractivity contribution >= 4 is 0 Å². The molecule has 0 heterocycles. The summed E-state index contributed by atoms with van der Waals surface area (Å²) >= 11 is 0. The third-order valence-corrected chi connectivity index (χ3v) is 2.84. The molecule has 0 N–H and O–H groups in total. The smallest absolute Gasteiger partial charge is 0.00195 e. The zero-order chi connectivity index (χ0) is 11.4. The second-order valence-electron chi connectivity index (χ2n) is 4.24. The van der Waals surface area contributed by atoms with Crippen molar-refractivity contribution in [3.63, 3.8) is 0 Å². The Labute approximate surface area is 97.9 Å². The Morgan fingerprint density at radius 1 is 1.00 bits per heavy atom. The molecule has 0 aliphatic rings. The fourth-order valence-electron chi connectivity index (χ4n) is 1.86. The van der Waals surface area contributed by atoms with Gasteiger partial charge < -0.3 is 0 Å². The minimum absolute atomic E-state index is 0.978. The molecular formula is C16H17. The van der Waals surface area contributed by atoms with Gasteiger partial charge in [-0.3, -0.25) is 0 Å². The van der Waals surface area contributed by atoms with Crippen molar-refractivity contribution in [2.75, 3.05) is 0 Å². The van der Waals surface area contributed by atoms with E-state index in [1.165, 1.54) is 22.3 Å². The first-order valence-electron chi connectivity index (χ1n) is 5.83. The summed E-state index contributed by atoms with van der Waals surface area (Å²) in [6.45, 7) is 4.31. The van der Waals surface area contributed by atoms with E-state index in [9.17, 15) is 0 Å². The Kier molecular flexibility index (Phi) is 3.40. The van der Waals surface area contributed by atoms with Crippen molar-refractivity contribution in [1.82, 2.24) is 0 Å². The summed E-state index contributed by atoms with van der Waals surface area (Å²) in [6, 6.07) is 18.4. The van der Waals surface area contributed by atoms with Crippen LogP contribution in [0.5, 0.6) is 0 Å².